The first-order valence-electron chi connectivity index (χ1n) is 6.07. The van der Waals surface area contributed by atoms with Crippen molar-refractivity contribution in [3.05, 3.63) is 34.9 Å². The Morgan fingerprint density at radius 1 is 1.41 bits per heavy atom. The molecule has 0 spiro atoms. The lowest BCUT2D eigenvalue weighted by Crippen LogP contribution is -2.32. The van der Waals surface area contributed by atoms with E-state index in [-0.39, 0.29) is 11.5 Å². The van der Waals surface area contributed by atoms with E-state index >= 15 is 0 Å². The van der Waals surface area contributed by atoms with Crippen molar-refractivity contribution in [3.63, 3.8) is 0 Å². The van der Waals surface area contributed by atoms with Gasteiger partial charge in [0.1, 0.15) is 0 Å². The molecular formula is C14H20N2O. The Balaban J connectivity index is 2.34. The van der Waals surface area contributed by atoms with Gasteiger partial charge in [0.15, 0.2) is 0 Å². The zero-order chi connectivity index (χ0) is 12.6. The van der Waals surface area contributed by atoms with E-state index in [1.807, 2.05) is 0 Å². The van der Waals surface area contributed by atoms with Gasteiger partial charge in [0.25, 0.3) is 0 Å². The smallest absolute Gasteiger partial charge is 0.312 e. The van der Waals surface area contributed by atoms with Crippen LogP contribution in [0.5, 0.6) is 0 Å². The molecule has 0 aliphatic heterocycles. The van der Waals surface area contributed by atoms with Gasteiger partial charge in [-0.15, -0.1) is 0 Å². The van der Waals surface area contributed by atoms with Gasteiger partial charge in [-0.25, -0.2) is 4.79 Å². The molecule has 1 unspecified atom stereocenters. The van der Waals surface area contributed by atoms with Crippen LogP contribution in [0.2, 0.25) is 0 Å². The third-order valence-electron chi connectivity index (χ3n) is 3.41. The maximum Gasteiger partial charge on any atom is 0.312 e. The Morgan fingerprint density at radius 3 is 2.71 bits per heavy atom. The van der Waals surface area contributed by atoms with Gasteiger partial charge in [0.05, 0.1) is 6.04 Å². The predicted molar refractivity (Wildman–Crippen MR) is 68.9 cm³/mol. The number of hydrogen-bond acceptors (Lipinski definition) is 1. The molecule has 0 saturated heterocycles. The fourth-order valence-electron chi connectivity index (χ4n) is 2.39. The quantitative estimate of drug-likeness (QED) is 0.768. The molecule has 0 heterocycles. The largest absolute Gasteiger partial charge is 0.352 e. The molecule has 1 aromatic carbocycles. The summed E-state index contributed by atoms with van der Waals surface area (Å²) in [6.07, 6.45) is 1.97. The lowest BCUT2D eigenvalue weighted by molar-refractivity contribution is 0.245. The third kappa shape index (κ3) is 2.43. The van der Waals surface area contributed by atoms with Crippen LogP contribution in [0.15, 0.2) is 18.2 Å². The number of amides is 2. The van der Waals surface area contributed by atoms with Crippen LogP contribution >= 0.6 is 0 Å². The first kappa shape index (κ1) is 12.0. The van der Waals surface area contributed by atoms with Crippen LogP contribution < -0.4 is 11.1 Å². The van der Waals surface area contributed by atoms with Crippen molar-refractivity contribution < 1.29 is 4.79 Å². The number of rotatable bonds is 1. The number of aryl methyl sites for hydroxylation is 1. The van der Waals surface area contributed by atoms with Crippen molar-refractivity contribution in [2.24, 2.45) is 5.73 Å². The summed E-state index contributed by atoms with van der Waals surface area (Å²) in [7, 11) is 0. The van der Waals surface area contributed by atoms with Gasteiger partial charge in [-0.3, -0.25) is 0 Å². The summed E-state index contributed by atoms with van der Waals surface area (Å²) in [4.78, 5) is 11.0. The van der Waals surface area contributed by atoms with Crippen LogP contribution in [-0.4, -0.2) is 6.03 Å². The van der Waals surface area contributed by atoms with E-state index in [0.717, 1.165) is 12.8 Å². The van der Waals surface area contributed by atoms with Gasteiger partial charge in [-0.05, 0) is 34.9 Å². The summed E-state index contributed by atoms with van der Waals surface area (Å²) in [5.74, 6) is 0. The van der Waals surface area contributed by atoms with Crippen LogP contribution in [0.3, 0.4) is 0 Å². The van der Waals surface area contributed by atoms with Crippen LogP contribution in [0.1, 0.15) is 49.9 Å². The SMILES string of the molecule is CC(C)(C)c1ccc2c(c1)C(NC(N)=O)CC2. The Labute approximate surface area is 102 Å². The molecule has 2 rings (SSSR count). The molecule has 3 heteroatoms. The average Bonchev–Trinajstić information content (AvgIpc) is 2.59. The van der Waals surface area contributed by atoms with Gasteiger partial charge in [0.2, 0.25) is 0 Å². The molecule has 2 amide bonds. The molecule has 3 N–H and O–H groups in total. The maximum atomic E-state index is 11.0. The van der Waals surface area contributed by atoms with E-state index in [1.54, 1.807) is 0 Å². The number of nitrogens with one attached hydrogen (secondary N) is 1. The normalized spacial score (nSPS) is 18.9. The number of benzene rings is 1. The second-order valence-corrected chi connectivity index (χ2v) is 5.76. The van der Waals surface area contributed by atoms with E-state index < -0.39 is 6.03 Å². The summed E-state index contributed by atoms with van der Waals surface area (Å²) in [5.41, 5.74) is 9.20. The Hall–Kier alpha value is -1.51. The van der Waals surface area contributed by atoms with Gasteiger partial charge < -0.3 is 11.1 Å². The standard InChI is InChI=1S/C14H20N2O/c1-14(2,3)10-6-4-9-5-7-12(11(9)8-10)16-13(15)17/h4,6,8,12H,5,7H2,1-3H3,(H3,15,16,17). The van der Waals surface area contributed by atoms with E-state index in [2.05, 4.69) is 44.3 Å². The van der Waals surface area contributed by atoms with Crippen LogP contribution in [-0.2, 0) is 11.8 Å². The summed E-state index contributed by atoms with van der Waals surface area (Å²) in [6, 6.07) is 6.22. The predicted octanol–water partition coefficient (Wildman–Crippen LogP) is 2.64. The minimum absolute atomic E-state index is 0.0878. The number of primary amides is 1. The van der Waals surface area contributed by atoms with Crippen molar-refractivity contribution >= 4 is 6.03 Å². The molecule has 0 saturated carbocycles. The minimum Gasteiger partial charge on any atom is -0.352 e. The third-order valence-corrected chi connectivity index (χ3v) is 3.41. The highest BCUT2D eigenvalue weighted by molar-refractivity contribution is 5.72. The Kier molecular flexibility index (Phi) is 2.86. The molecule has 1 aliphatic rings. The molecule has 1 aliphatic carbocycles. The highest BCUT2D eigenvalue weighted by Gasteiger charge is 2.25. The number of nitrogens with two attached hydrogens (primary N) is 1. The minimum atomic E-state index is -0.441. The molecule has 0 aromatic heterocycles. The lowest BCUT2D eigenvalue weighted by Gasteiger charge is -2.21. The molecule has 0 radical (unpaired) electrons. The van der Waals surface area contributed by atoms with Crippen LogP contribution in [0.4, 0.5) is 4.79 Å². The monoisotopic (exact) mass is 232 g/mol. The Bertz CT molecular complexity index is 446. The molecule has 0 bridgehead atoms. The number of fused-ring (bicyclic) bond motifs is 1. The molecule has 0 fully saturated rings. The van der Waals surface area contributed by atoms with E-state index in [1.165, 1.54) is 16.7 Å². The lowest BCUT2D eigenvalue weighted by atomic mass is 9.85. The van der Waals surface area contributed by atoms with Crippen molar-refractivity contribution in [1.82, 2.24) is 5.32 Å². The fraction of sp³-hybridized carbons (Fsp3) is 0.500. The second kappa shape index (κ2) is 4.06. The summed E-state index contributed by atoms with van der Waals surface area (Å²) in [5, 5.41) is 2.82. The zero-order valence-electron chi connectivity index (χ0n) is 10.7. The summed E-state index contributed by atoms with van der Waals surface area (Å²) in [6.45, 7) is 6.58. The van der Waals surface area contributed by atoms with Gasteiger partial charge in [-0.2, -0.15) is 0 Å². The van der Waals surface area contributed by atoms with Crippen LogP contribution in [0, 0.1) is 0 Å². The number of carbonyl (C=O) groups is 1. The molecule has 1 atom stereocenters. The highest BCUT2D eigenvalue weighted by Crippen LogP contribution is 2.34. The molecule has 92 valence electrons. The second-order valence-electron chi connectivity index (χ2n) is 5.76. The summed E-state index contributed by atoms with van der Waals surface area (Å²) < 4.78 is 0. The molecular weight excluding hydrogens is 212 g/mol. The average molecular weight is 232 g/mol. The van der Waals surface area contributed by atoms with Gasteiger partial charge >= 0.3 is 6.03 Å². The molecule has 3 nitrogen and oxygen atoms in total. The van der Waals surface area contributed by atoms with Crippen molar-refractivity contribution in [1.29, 1.82) is 0 Å². The first-order valence-corrected chi connectivity index (χ1v) is 6.07. The van der Waals surface area contributed by atoms with Crippen molar-refractivity contribution in [2.45, 2.75) is 45.1 Å². The highest BCUT2D eigenvalue weighted by atomic mass is 16.2. The van der Waals surface area contributed by atoms with Gasteiger partial charge in [-0.1, -0.05) is 39.0 Å². The van der Waals surface area contributed by atoms with Crippen molar-refractivity contribution in [2.75, 3.05) is 0 Å². The number of hydrogen-bond donors (Lipinski definition) is 2. The first-order chi connectivity index (χ1) is 7.88. The summed E-state index contributed by atoms with van der Waals surface area (Å²) >= 11 is 0. The Morgan fingerprint density at radius 2 is 2.12 bits per heavy atom. The van der Waals surface area contributed by atoms with E-state index in [9.17, 15) is 4.79 Å². The van der Waals surface area contributed by atoms with Gasteiger partial charge in [0, 0.05) is 0 Å². The molecule has 1 aromatic rings. The van der Waals surface area contributed by atoms with E-state index in [0.29, 0.717) is 0 Å². The van der Waals surface area contributed by atoms with Crippen molar-refractivity contribution in [3.8, 4) is 0 Å². The molecule has 17 heavy (non-hydrogen) atoms. The van der Waals surface area contributed by atoms with E-state index in [4.69, 9.17) is 5.73 Å². The zero-order valence-corrected chi connectivity index (χ0v) is 10.7. The number of urea groups is 1. The van der Waals surface area contributed by atoms with Crippen LogP contribution in [0.25, 0.3) is 0 Å². The topological polar surface area (TPSA) is 55.1 Å². The maximum absolute atomic E-state index is 11.0. The fourth-order valence-corrected chi connectivity index (χ4v) is 2.39. The number of carbonyl (C=O) groups excluding carboxylic acids is 1.